The molecular formula is C29H34N2O7. The molecule has 2 aromatic carbocycles. The summed E-state index contributed by atoms with van der Waals surface area (Å²) in [5, 5.41) is 8.96. The lowest BCUT2D eigenvalue weighted by Gasteiger charge is -2.31. The zero-order chi connectivity index (χ0) is 27.5. The van der Waals surface area contributed by atoms with Gasteiger partial charge in [0.25, 0.3) is 5.91 Å². The molecule has 2 aliphatic rings. The van der Waals surface area contributed by atoms with E-state index < -0.39 is 35.0 Å². The molecular weight excluding hydrogens is 488 g/mol. The van der Waals surface area contributed by atoms with E-state index in [-0.39, 0.29) is 31.9 Å². The lowest BCUT2D eigenvalue weighted by atomic mass is 9.83. The van der Waals surface area contributed by atoms with Crippen LogP contribution in [-0.4, -0.2) is 58.0 Å². The number of amides is 2. The minimum absolute atomic E-state index is 0.00931. The quantitative estimate of drug-likeness (QED) is 0.415. The highest BCUT2D eigenvalue weighted by Crippen LogP contribution is 2.47. The Morgan fingerprint density at radius 2 is 1.87 bits per heavy atom. The fraction of sp³-hybridized carbons (Fsp3) is 0.448. The number of ether oxygens (including phenoxy) is 3. The Kier molecular flexibility index (Phi) is 7.87. The Morgan fingerprint density at radius 1 is 1.16 bits per heavy atom. The first-order chi connectivity index (χ1) is 18.0. The van der Waals surface area contributed by atoms with E-state index in [4.69, 9.17) is 24.3 Å². The zero-order valence-corrected chi connectivity index (χ0v) is 22.2. The molecule has 4 rings (SSSR count). The smallest absolute Gasteiger partial charge is 0.306 e. The van der Waals surface area contributed by atoms with Gasteiger partial charge in [0.05, 0.1) is 13.2 Å². The minimum atomic E-state index is -1.53. The van der Waals surface area contributed by atoms with Crippen LogP contribution in [0.5, 0.6) is 5.75 Å². The summed E-state index contributed by atoms with van der Waals surface area (Å²) in [6.45, 7) is 7.22. The van der Waals surface area contributed by atoms with E-state index in [9.17, 15) is 14.4 Å². The van der Waals surface area contributed by atoms with E-state index in [1.807, 2.05) is 24.3 Å². The molecule has 2 aromatic rings. The van der Waals surface area contributed by atoms with Gasteiger partial charge in [-0.2, -0.15) is 0 Å². The normalized spacial score (nSPS) is 20.6. The van der Waals surface area contributed by atoms with Crippen LogP contribution in [0.4, 0.5) is 0 Å². The van der Waals surface area contributed by atoms with Crippen molar-refractivity contribution in [2.24, 2.45) is 4.99 Å². The van der Waals surface area contributed by atoms with Crippen molar-refractivity contribution in [2.45, 2.75) is 70.7 Å². The number of imide groups is 1. The molecule has 0 saturated carbocycles. The molecule has 2 aliphatic heterocycles. The maximum absolute atomic E-state index is 14.1. The number of hydrogen-bond donors (Lipinski definition) is 1. The second kappa shape index (κ2) is 10.9. The number of carbonyl (C=O) groups excluding carboxylic acids is 3. The van der Waals surface area contributed by atoms with Crippen LogP contribution >= 0.6 is 0 Å². The number of aliphatic hydroxyl groups excluding tert-OH is 1. The van der Waals surface area contributed by atoms with Gasteiger partial charge in [-0.3, -0.25) is 19.3 Å². The van der Waals surface area contributed by atoms with Gasteiger partial charge in [0.2, 0.25) is 11.8 Å². The predicted molar refractivity (Wildman–Crippen MR) is 139 cm³/mol. The molecule has 2 amide bonds. The summed E-state index contributed by atoms with van der Waals surface area (Å²) in [4.78, 5) is 45.4. The molecule has 0 aliphatic carbocycles. The summed E-state index contributed by atoms with van der Waals surface area (Å²) in [7, 11) is 0. The highest BCUT2D eigenvalue weighted by molar-refractivity contribution is 6.05. The average Bonchev–Trinajstić information content (AvgIpc) is 3.22. The zero-order valence-electron chi connectivity index (χ0n) is 22.2. The van der Waals surface area contributed by atoms with Crippen LogP contribution in [0.25, 0.3) is 0 Å². The number of esters is 1. The average molecular weight is 523 g/mol. The topological polar surface area (TPSA) is 115 Å². The van der Waals surface area contributed by atoms with Crippen molar-refractivity contribution in [1.82, 2.24) is 4.90 Å². The van der Waals surface area contributed by atoms with Gasteiger partial charge in [0.1, 0.15) is 11.4 Å². The predicted octanol–water partition coefficient (Wildman–Crippen LogP) is 3.72. The number of fused-ring (bicyclic) bond motifs is 3. The SMILES string of the molecule is CC(=O)N1Cc2ccccc2[C@@H]2OC(c3ccc(OCCCO)cc3)=N[C@]2(CCC(=O)OC(C)(C)C)C1=O. The highest BCUT2D eigenvalue weighted by Gasteiger charge is 2.57. The monoisotopic (exact) mass is 522 g/mol. The maximum Gasteiger partial charge on any atom is 0.306 e. The lowest BCUT2D eigenvalue weighted by Crippen LogP contribution is -2.50. The van der Waals surface area contributed by atoms with Gasteiger partial charge in [-0.05, 0) is 57.0 Å². The van der Waals surface area contributed by atoms with Crippen molar-refractivity contribution >= 4 is 23.7 Å². The van der Waals surface area contributed by atoms with E-state index in [2.05, 4.69) is 0 Å². The third-order valence-corrected chi connectivity index (χ3v) is 6.43. The molecule has 9 heteroatoms. The Bertz CT molecular complexity index is 1230. The number of carbonyl (C=O) groups is 3. The molecule has 2 atom stereocenters. The van der Waals surface area contributed by atoms with Gasteiger partial charge in [-0.15, -0.1) is 0 Å². The third-order valence-electron chi connectivity index (χ3n) is 6.43. The van der Waals surface area contributed by atoms with Crippen LogP contribution in [0.1, 0.15) is 69.8 Å². The Morgan fingerprint density at radius 3 is 2.53 bits per heavy atom. The third kappa shape index (κ3) is 5.72. The van der Waals surface area contributed by atoms with Gasteiger partial charge in [-0.1, -0.05) is 24.3 Å². The summed E-state index contributed by atoms with van der Waals surface area (Å²) < 4.78 is 17.5. The largest absolute Gasteiger partial charge is 0.494 e. The molecule has 0 spiro atoms. The highest BCUT2D eigenvalue weighted by atomic mass is 16.6. The summed E-state index contributed by atoms with van der Waals surface area (Å²) in [5.74, 6) is -0.504. The standard InChI is InChI=1S/C29H34N2O7/c1-19(33)31-18-21-8-5-6-9-23(21)25-29(27(31)35,15-14-24(34)38-28(2,3)4)30-26(37-25)20-10-12-22(13-11-20)36-17-7-16-32/h5-6,8-13,25,32H,7,14-18H2,1-4H3/t25-,29-/m0/s1. The van der Waals surface area contributed by atoms with E-state index in [1.165, 1.54) is 11.8 Å². The van der Waals surface area contributed by atoms with Crippen molar-refractivity contribution in [3.05, 3.63) is 65.2 Å². The van der Waals surface area contributed by atoms with E-state index in [1.54, 1.807) is 45.0 Å². The molecule has 9 nitrogen and oxygen atoms in total. The Labute approximate surface area is 222 Å². The maximum atomic E-state index is 14.1. The molecule has 1 N–H and O–H groups in total. The number of aliphatic hydroxyl groups is 1. The number of nitrogens with zero attached hydrogens (tertiary/aromatic N) is 2. The molecule has 38 heavy (non-hydrogen) atoms. The van der Waals surface area contributed by atoms with Crippen molar-refractivity contribution in [2.75, 3.05) is 13.2 Å². The van der Waals surface area contributed by atoms with Crippen molar-refractivity contribution < 1.29 is 33.7 Å². The number of rotatable bonds is 8. The van der Waals surface area contributed by atoms with Crippen LogP contribution in [0.2, 0.25) is 0 Å². The summed E-state index contributed by atoms with van der Waals surface area (Å²) in [6.07, 6.45) is -0.373. The van der Waals surface area contributed by atoms with Crippen LogP contribution in [0, 0.1) is 0 Å². The molecule has 202 valence electrons. The Hall–Kier alpha value is -3.72. The van der Waals surface area contributed by atoms with Crippen molar-refractivity contribution in [1.29, 1.82) is 0 Å². The van der Waals surface area contributed by atoms with Crippen LogP contribution in [0.15, 0.2) is 53.5 Å². The summed E-state index contributed by atoms with van der Waals surface area (Å²) >= 11 is 0. The van der Waals surface area contributed by atoms with Crippen molar-refractivity contribution in [3.63, 3.8) is 0 Å². The fourth-order valence-electron chi connectivity index (χ4n) is 4.68. The lowest BCUT2D eigenvalue weighted by molar-refractivity contribution is -0.156. The molecule has 2 heterocycles. The molecule has 0 aromatic heterocycles. The number of aliphatic imine (C=N–C) groups is 1. The first kappa shape index (κ1) is 27.3. The molecule has 0 unspecified atom stereocenters. The van der Waals surface area contributed by atoms with Gasteiger partial charge in [0, 0.05) is 37.5 Å². The molecule has 0 radical (unpaired) electrons. The van der Waals surface area contributed by atoms with Crippen LogP contribution < -0.4 is 4.74 Å². The van der Waals surface area contributed by atoms with E-state index in [0.29, 0.717) is 24.3 Å². The van der Waals surface area contributed by atoms with Crippen LogP contribution in [-0.2, 0) is 30.4 Å². The summed E-state index contributed by atoms with van der Waals surface area (Å²) in [5.41, 5.74) is -0.0492. The van der Waals surface area contributed by atoms with E-state index >= 15 is 0 Å². The molecule has 0 saturated heterocycles. The summed E-state index contributed by atoms with van der Waals surface area (Å²) in [6, 6.07) is 14.5. The Balaban J connectivity index is 1.75. The molecule has 0 bridgehead atoms. The van der Waals surface area contributed by atoms with Gasteiger partial charge in [0.15, 0.2) is 11.6 Å². The number of benzene rings is 2. The van der Waals surface area contributed by atoms with Gasteiger partial charge in [-0.25, -0.2) is 4.99 Å². The molecule has 0 fully saturated rings. The second-order valence-corrected chi connectivity index (χ2v) is 10.5. The first-order valence-corrected chi connectivity index (χ1v) is 12.8. The van der Waals surface area contributed by atoms with E-state index in [0.717, 1.165) is 11.1 Å². The minimum Gasteiger partial charge on any atom is -0.494 e. The fourth-order valence-corrected chi connectivity index (χ4v) is 4.68. The van der Waals surface area contributed by atoms with Crippen molar-refractivity contribution in [3.8, 4) is 5.75 Å². The van der Waals surface area contributed by atoms with Crippen LogP contribution in [0.3, 0.4) is 0 Å². The first-order valence-electron chi connectivity index (χ1n) is 12.8. The second-order valence-electron chi connectivity index (χ2n) is 10.5. The van der Waals surface area contributed by atoms with Gasteiger partial charge < -0.3 is 19.3 Å². The van der Waals surface area contributed by atoms with Gasteiger partial charge >= 0.3 is 5.97 Å². The number of hydrogen-bond acceptors (Lipinski definition) is 8.